The molecule has 3 rings (SSSR count). The highest BCUT2D eigenvalue weighted by Gasteiger charge is 2.27. The fourth-order valence-electron chi connectivity index (χ4n) is 2.46. The molecule has 3 aromatic rings. The van der Waals surface area contributed by atoms with Gasteiger partial charge in [-0.2, -0.15) is 4.98 Å². The number of nitrogens with zero attached hydrogens (tertiary/aromatic N) is 2. The molecule has 28 heavy (non-hydrogen) atoms. The molecule has 0 bridgehead atoms. The number of hydrogen-bond donors (Lipinski definition) is 3. The Morgan fingerprint density at radius 3 is 2.21 bits per heavy atom. The second-order valence-corrected chi connectivity index (χ2v) is 8.02. The van der Waals surface area contributed by atoms with E-state index in [4.69, 9.17) is 0 Å². The van der Waals surface area contributed by atoms with Crippen LogP contribution < -0.4 is 26.8 Å². The quantitative estimate of drug-likeness (QED) is 0.562. The maximum Gasteiger partial charge on any atom is 0.253 e. The maximum absolute atomic E-state index is 12.0. The van der Waals surface area contributed by atoms with Gasteiger partial charge in [-0.05, 0) is 37.5 Å². The molecule has 7 nitrogen and oxygen atoms in total. The molecule has 3 N–H and O–H groups in total. The van der Waals surface area contributed by atoms with E-state index in [0.29, 0.717) is 17.5 Å². The first-order valence-corrected chi connectivity index (χ1v) is 9.19. The van der Waals surface area contributed by atoms with Gasteiger partial charge >= 0.3 is 0 Å². The molecule has 0 amide bonds. The Hall–Kier alpha value is -3.22. The Balaban J connectivity index is 1.78. The Morgan fingerprint density at radius 2 is 1.57 bits per heavy atom. The molecular weight excluding hydrogens is 354 g/mol. The van der Waals surface area contributed by atoms with Gasteiger partial charge in [0.1, 0.15) is 17.2 Å². The first-order valence-electron chi connectivity index (χ1n) is 9.19. The molecule has 1 aromatic heterocycles. The van der Waals surface area contributed by atoms with Gasteiger partial charge in [0.15, 0.2) is 0 Å². The molecule has 146 valence electrons. The van der Waals surface area contributed by atoms with Crippen LogP contribution in [0.1, 0.15) is 33.3 Å². The van der Waals surface area contributed by atoms with E-state index in [2.05, 4.69) is 46.7 Å². The Morgan fingerprint density at radius 1 is 0.929 bits per heavy atom. The zero-order chi connectivity index (χ0) is 20.5. The largest absolute Gasteiger partial charge is 0.377 e. The SMILES string of the molecule is Cc1ccc(Nc2nccc(Nc3c(N[C@H](C)C(C)(C)C)c(=O)c3=O)n2)cc1. The van der Waals surface area contributed by atoms with Crippen LogP contribution in [-0.4, -0.2) is 16.0 Å². The van der Waals surface area contributed by atoms with Crippen molar-refractivity contribution in [1.29, 1.82) is 0 Å². The van der Waals surface area contributed by atoms with Crippen LogP contribution in [0.3, 0.4) is 0 Å². The van der Waals surface area contributed by atoms with Gasteiger partial charge in [-0.3, -0.25) is 9.59 Å². The minimum Gasteiger partial charge on any atom is -0.377 e. The lowest BCUT2D eigenvalue weighted by Gasteiger charge is -2.30. The predicted octanol–water partition coefficient (Wildman–Crippen LogP) is 3.71. The number of benzene rings is 1. The van der Waals surface area contributed by atoms with E-state index in [1.807, 2.05) is 38.1 Å². The summed E-state index contributed by atoms with van der Waals surface area (Å²) < 4.78 is 0. The van der Waals surface area contributed by atoms with Crippen molar-refractivity contribution in [2.24, 2.45) is 5.41 Å². The standard InChI is InChI=1S/C21H25N5O2/c1-12-6-8-14(9-7-12)24-20-22-11-10-15(26-20)25-17-16(18(27)19(17)28)23-13(2)21(3,4)5/h6-11,13,23H,1-5H3,(H2,22,24,25,26)/t13-/m1/s1. The minimum atomic E-state index is -0.546. The second kappa shape index (κ2) is 7.42. The molecule has 0 aliphatic heterocycles. The summed E-state index contributed by atoms with van der Waals surface area (Å²) in [6.45, 7) is 10.2. The molecular formula is C21H25N5O2. The number of aryl methyl sites for hydroxylation is 1. The fraction of sp³-hybridized carbons (Fsp3) is 0.333. The van der Waals surface area contributed by atoms with Crippen molar-refractivity contribution in [1.82, 2.24) is 9.97 Å². The Kier molecular flexibility index (Phi) is 5.18. The first-order chi connectivity index (χ1) is 13.1. The number of nitrogens with one attached hydrogen (secondary N) is 3. The van der Waals surface area contributed by atoms with E-state index in [9.17, 15) is 9.59 Å². The lowest BCUT2D eigenvalue weighted by molar-refractivity contribution is 0.359. The zero-order valence-electron chi connectivity index (χ0n) is 16.8. The summed E-state index contributed by atoms with van der Waals surface area (Å²) in [6, 6.07) is 9.51. The first kappa shape index (κ1) is 19.5. The molecule has 0 aliphatic carbocycles. The van der Waals surface area contributed by atoms with E-state index >= 15 is 0 Å². The Labute approximate surface area is 163 Å². The third kappa shape index (κ3) is 4.19. The lowest BCUT2D eigenvalue weighted by Crippen LogP contribution is -2.41. The van der Waals surface area contributed by atoms with Crippen molar-refractivity contribution in [3.63, 3.8) is 0 Å². The number of hydrogen-bond acceptors (Lipinski definition) is 7. The van der Waals surface area contributed by atoms with E-state index in [1.165, 1.54) is 0 Å². The highest BCUT2D eigenvalue weighted by atomic mass is 16.2. The van der Waals surface area contributed by atoms with Gasteiger partial charge in [0.25, 0.3) is 10.9 Å². The molecule has 0 spiro atoms. The summed E-state index contributed by atoms with van der Waals surface area (Å²) in [7, 11) is 0. The van der Waals surface area contributed by atoms with Crippen LogP contribution >= 0.6 is 0 Å². The maximum atomic E-state index is 12.0. The third-order valence-electron chi connectivity index (χ3n) is 4.79. The monoisotopic (exact) mass is 379 g/mol. The molecule has 1 heterocycles. The molecule has 0 radical (unpaired) electrons. The van der Waals surface area contributed by atoms with Crippen molar-refractivity contribution < 1.29 is 0 Å². The smallest absolute Gasteiger partial charge is 0.253 e. The summed E-state index contributed by atoms with van der Waals surface area (Å²) in [5.41, 5.74) is 1.45. The molecule has 1 atom stereocenters. The van der Waals surface area contributed by atoms with Gasteiger partial charge in [0.2, 0.25) is 5.95 Å². The van der Waals surface area contributed by atoms with Gasteiger partial charge in [0, 0.05) is 17.9 Å². The van der Waals surface area contributed by atoms with Gasteiger partial charge in [-0.15, -0.1) is 0 Å². The van der Waals surface area contributed by atoms with Crippen LogP contribution in [0.25, 0.3) is 0 Å². The lowest BCUT2D eigenvalue weighted by atomic mass is 9.87. The van der Waals surface area contributed by atoms with Crippen molar-refractivity contribution in [2.45, 2.75) is 40.7 Å². The molecule has 0 saturated carbocycles. The van der Waals surface area contributed by atoms with E-state index in [0.717, 1.165) is 11.3 Å². The van der Waals surface area contributed by atoms with Crippen molar-refractivity contribution in [2.75, 3.05) is 16.0 Å². The van der Waals surface area contributed by atoms with Crippen LogP contribution in [0.4, 0.5) is 28.8 Å². The summed E-state index contributed by atoms with van der Waals surface area (Å²) in [4.78, 5) is 32.6. The predicted molar refractivity (Wildman–Crippen MR) is 114 cm³/mol. The van der Waals surface area contributed by atoms with Crippen LogP contribution in [0, 0.1) is 12.3 Å². The second-order valence-electron chi connectivity index (χ2n) is 8.02. The highest BCUT2D eigenvalue weighted by Crippen LogP contribution is 2.26. The molecule has 0 saturated heterocycles. The number of aromatic nitrogens is 2. The van der Waals surface area contributed by atoms with Crippen LogP contribution in [0.5, 0.6) is 0 Å². The fourth-order valence-corrected chi connectivity index (χ4v) is 2.46. The normalized spacial score (nSPS) is 12.6. The molecule has 0 aliphatic rings. The topological polar surface area (TPSA) is 96.0 Å². The van der Waals surface area contributed by atoms with E-state index in [-0.39, 0.29) is 17.1 Å². The third-order valence-corrected chi connectivity index (χ3v) is 4.79. The summed E-state index contributed by atoms with van der Waals surface area (Å²) >= 11 is 0. The summed E-state index contributed by atoms with van der Waals surface area (Å²) in [6.07, 6.45) is 1.59. The Bertz CT molecular complexity index is 1040. The molecule has 7 heteroatoms. The van der Waals surface area contributed by atoms with Gasteiger partial charge < -0.3 is 16.0 Å². The van der Waals surface area contributed by atoms with Crippen LogP contribution in [-0.2, 0) is 0 Å². The van der Waals surface area contributed by atoms with E-state index in [1.54, 1.807) is 12.3 Å². The van der Waals surface area contributed by atoms with Crippen LogP contribution in [0.15, 0.2) is 46.1 Å². The highest BCUT2D eigenvalue weighted by molar-refractivity contribution is 5.78. The summed E-state index contributed by atoms with van der Waals surface area (Å²) in [5, 5.41) is 9.23. The summed E-state index contributed by atoms with van der Waals surface area (Å²) in [5.74, 6) is 0.827. The minimum absolute atomic E-state index is 0.0144. The van der Waals surface area contributed by atoms with Crippen molar-refractivity contribution >= 4 is 28.8 Å². The van der Waals surface area contributed by atoms with Gasteiger partial charge in [0.05, 0.1) is 0 Å². The average Bonchev–Trinajstić information content (AvgIpc) is 2.65. The average molecular weight is 379 g/mol. The molecule has 0 unspecified atom stereocenters. The number of anilines is 5. The number of rotatable bonds is 6. The van der Waals surface area contributed by atoms with Crippen molar-refractivity contribution in [3.8, 4) is 0 Å². The van der Waals surface area contributed by atoms with Crippen LogP contribution in [0.2, 0.25) is 0 Å². The van der Waals surface area contributed by atoms with Gasteiger partial charge in [-0.25, -0.2) is 4.98 Å². The zero-order valence-corrected chi connectivity index (χ0v) is 16.8. The van der Waals surface area contributed by atoms with E-state index < -0.39 is 10.9 Å². The van der Waals surface area contributed by atoms with Crippen molar-refractivity contribution in [3.05, 3.63) is 62.5 Å². The van der Waals surface area contributed by atoms with Gasteiger partial charge in [-0.1, -0.05) is 38.5 Å². The molecule has 0 fully saturated rings. The molecule has 2 aromatic carbocycles.